The first-order valence-corrected chi connectivity index (χ1v) is 6.92. The molecule has 1 aromatic carbocycles. The number of halogens is 1. The van der Waals surface area contributed by atoms with Gasteiger partial charge in [0.15, 0.2) is 0 Å². The molecule has 0 unspecified atom stereocenters. The fourth-order valence-electron chi connectivity index (χ4n) is 1.19. The molecule has 0 spiro atoms. The van der Waals surface area contributed by atoms with Crippen LogP contribution in [0.1, 0.15) is 5.56 Å². The highest BCUT2D eigenvalue weighted by Crippen LogP contribution is 2.24. The number of hydrogen-bond acceptors (Lipinski definition) is 4. The highest BCUT2D eigenvalue weighted by molar-refractivity contribution is 7.92. The minimum absolute atomic E-state index is 0.0926. The average Bonchev–Trinajstić information content (AvgIpc) is 2.20. The molecule has 0 saturated carbocycles. The molecule has 0 radical (unpaired) electrons. The molecule has 0 aliphatic rings. The number of methoxy groups -OCH3 is 1. The lowest BCUT2D eigenvalue weighted by Crippen LogP contribution is -2.10. The Labute approximate surface area is 105 Å². The molecule has 7 heteroatoms. The van der Waals surface area contributed by atoms with E-state index in [1.165, 1.54) is 19.2 Å². The van der Waals surface area contributed by atoms with Gasteiger partial charge in [-0.1, -0.05) is 17.7 Å². The second-order valence-electron chi connectivity index (χ2n) is 3.44. The SMILES string of the molecule is COC(=O)Cc1ccc(NS(C)(=O)=O)c(Cl)c1. The molecule has 0 atom stereocenters. The molecule has 0 aliphatic carbocycles. The Balaban J connectivity index is 2.90. The van der Waals surface area contributed by atoms with Crippen LogP contribution >= 0.6 is 11.6 Å². The van der Waals surface area contributed by atoms with E-state index >= 15 is 0 Å². The van der Waals surface area contributed by atoms with Crippen LogP contribution in [0.2, 0.25) is 5.02 Å². The number of sulfonamides is 1. The van der Waals surface area contributed by atoms with Crippen molar-refractivity contribution in [3.8, 4) is 0 Å². The van der Waals surface area contributed by atoms with Crippen molar-refractivity contribution in [3.05, 3.63) is 28.8 Å². The summed E-state index contributed by atoms with van der Waals surface area (Å²) in [6, 6.07) is 4.63. The Morgan fingerprint density at radius 3 is 2.59 bits per heavy atom. The van der Waals surface area contributed by atoms with Crippen molar-refractivity contribution in [3.63, 3.8) is 0 Å². The van der Waals surface area contributed by atoms with Gasteiger partial charge in [-0.3, -0.25) is 9.52 Å². The van der Waals surface area contributed by atoms with E-state index in [4.69, 9.17) is 11.6 Å². The number of rotatable bonds is 4. The lowest BCUT2D eigenvalue weighted by molar-refractivity contribution is -0.139. The van der Waals surface area contributed by atoms with E-state index < -0.39 is 10.0 Å². The zero-order valence-electron chi connectivity index (χ0n) is 9.36. The molecule has 0 aliphatic heterocycles. The zero-order valence-corrected chi connectivity index (χ0v) is 10.9. The second kappa shape index (κ2) is 5.37. The van der Waals surface area contributed by atoms with Gasteiger partial charge < -0.3 is 4.74 Å². The third kappa shape index (κ3) is 4.62. The van der Waals surface area contributed by atoms with E-state index in [1.807, 2.05) is 0 Å². The minimum Gasteiger partial charge on any atom is -0.469 e. The Morgan fingerprint density at radius 2 is 2.12 bits per heavy atom. The summed E-state index contributed by atoms with van der Waals surface area (Å²) in [4.78, 5) is 11.0. The molecule has 0 saturated heterocycles. The van der Waals surface area contributed by atoms with Gasteiger partial charge in [0.2, 0.25) is 10.0 Å². The van der Waals surface area contributed by atoms with Crippen molar-refractivity contribution >= 4 is 33.3 Å². The summed E-state index contributed by atoms with van der Waals surface area (Å²) in [6.45, 7) is 0. The van der Waals surface area contributed by atoms with Crippen molar-refractivity contribution in [2.75, 3.05) is 18.1 Å². The van der Waals surface area contributed by atoms with Gasteiger partial charge in [0, 0.05) is 0 Å². The Bertz CT molecular complexity index is 527. The Hall–Kier alpha value is -1.27. The van der Waals surface area contributed by atoms with Crippen LogP contribution in [-0.2, 0) is 26.0 Å². The maximum absolute atomic E-state index is 11.0. The summed E-state index contributed by atoms with van der Waals surface area (Å²) in [5.74, 6) is -0.384. The molecule has 0 amide bonds. The molecule has 5 nitrogen and oxygen atoms in total. The van der Waals surface area contributed by atoms with Gasteiger partial charge in [-0.05, 0) is 17.7 Å². The predicted octanol–water partition coefficient (Wildman–Crippen LogP) is 1.43. The van der Waals surface area contributed by atoms with E-state index in [2.05, 4.69) is 9.46 Å². The van der Waals surface area contributed by atoms with Gasteiger partial charge >= 0.3 is 5.97 Å². The molecule has 1 N–H and O–H groups in total. The van der Waals surface area contributed by atoms with Crippen molar-refractivity contribution in [2.45, 2.75) is 6.42 Å². The highest BCUT2D eigenvalue weighted by atomic mass is 35.5. The maximum Gasteiger partial charge on any atom is 0.309 e. The monoisotopic (exact) mass is 277 g/mol. The van der Waals surface area contributed by atoms with Gasteiger partial charge in [-0.25, -0.2) is 8.42 Å². The first-order valence-electron chi connectivity index (χ1n) is 4.65. The van der Waals surface area contributed by atoms with Crippen LogP contribution in [0.4, 0.5) is 5.69 Å². The Kier molecular flexibility index (Phi) is 4.36. The molecular formula is C10H12ClNO4S. The zero-order chi connectivity index (χ0) is 13.1. The van der Waals surface area contributed by atoms with Gasteiger partial charge in [0.25, 0.3) is 0 Å². The third-order valence-electron chi connectivity index (χ3n) is 1.90. The van der Waals surface area contributed by atoms with Gasteiger partial charge in [-0.2, -0.15) is 0 Å². The van der Waals surface area contributed by atoms with Crippen LogP contribution < -0.4 is 4.72 Å². The molecule has 94 valence electrons. The number of carbonyl (C=O) groups excluding carboxylic acids is 1. The lowest BCUT2D eigenvalue weighted by atomic mass is 10.1. The summed E-state index contributed by atoms with van der Waals surface area (Å²) in [5, 5.41) is 0.233. The molecule has 1 aromatic rings. The van der Waals surface area contributed by atoms with Crippen LogP contribution in [0.5, 0.6) is 0 Å². The highest BCUT2D eigenvalue weighted by Gasteiger charge is 2.09. The summed E-state index contributed by atoms with van der Waals surface area (Å²) >= 11 is 5.88. The maximum atomic E-state index is 11.0. The van der Waals surface area contributed by atoms with Crippen molar-refractivity contribution in [2.24, 2.45) is 0 Å². The minimum atomic E-state index is -3.37. The lowest BCUT2D eigenvalue weighted by Gasteiger charge is -2.07. The molecule has 1 rings (SSSR count). The number of hydrogen-bond donors (Lipinski definition) is 1. The van der Waals surface area contributed by atoms with Crippen LogP contribution in [-0.4, -0.2) is 27.8 Å². The van der Waals surface area contributed by atoms with Crippen molar-refractivity contribution < 1.29 is 17.9 Å². The molecule has 0 heterocycles. The number of benzene rings is 1. The second-order valence-corrected chi connectivity index (χ2v) is 5.60. The fraction of sp³-hybridized carbons (Fsp3) is 0.300. The van der Waals surface area contributed by atoms with Crippen LogP contribution in [0, 0.1) is 0 Å². The summed E-state index contributed by atoms with van der Waals surface area (Å²) in [5.41, 5.74) is 0.934. The largest absolute Gasteiger partial charge is 0.469 e. The summed E-state index contributed by atoms with van der Waals surface area (Å²) in [7, 11) is -2.07. The number of esters is 1. The number of nitrogens with one attached hydrogen (secondary N) is 1. The van der Waals surface area contributed by atoms with Crippen molar-refractivity contribution in [1.29, 1.82) is 0 Å². The first-order chi connectivity index (χ1) is 7.81. The predicted molar refractivity (Wildman–Crippen MR) is 65.6 cm³/mol. The quantitative estimate of drug-likeness (QED) is 0.845. The topological polar surface area (TPSA) is 72.5 Å². The smallest absolute Gasteiger partial charge is 0.309 e. The fourth-order valence-corrected chi connectivity index (χ4v) is 2.07. The standard InChI is InChI=1S/C10H12ClNO4S/c1-16-10(13)6-7-3-4-9(8(11)5-7)12-17(2,14)15/h3-5,12H,6H2,1-2H3. The number of carbonyl (C=O) groups is 1. The molecule has 0 bridgehead atoms. The third-order valence-corrected chi connectivity index (χ3v) is 2.81. The average molecular weight is 278 g/mol. The summed E-state index contributed by atoms with van der Waals surface area (Å²) in [6.07, 6.45) is 1.13. The number of anilines is 1. The molecule has 17 heavy (non-hydrogen) atoms. The molecular weight excluding hydrogens is 266 g/mol. The van der Waals surface area contributed by atoms with Gasteiger partial charge in [0.05, 0.1) is 30.5 Å². The van der Waals surface area contributed by atoms with Crippen LogP contribution in [0.25, 0.3) is 0 Å². The van der Waals surface area contributed by atoms with E-state index in [9.17, 15) is 13.2 Å². The van der Waals surface area contributed by atoms with Crippen molar-refractivity contribution in [1.82, 2.24) is 0 Å². The van der Waals surface area contributed by atoms with Crippen LogP contribution in [0.3, 0.4) is 0 Å². The summed E-state index contributed by atoms with van der Waals surface area (Å²) < 4.78 is 28.8. The Morgan fingerprint density at radius 1 is 1.47 bits per heavy atom. The van der Waals surface area contributed by atoms with E-state index in [0.717, 1.165) is 6.26 Å². The molecule has 0 fully saturated rings. The van der Waals surface area contributed by atoms with E-state index in [1.54, 1.807) is 6.07 Å². The first kappa shape index (κ1) is 13.8. The van der Waals surface area contributed by atoms with Gasteiger partial charge in [-0.15, -0.1) is 0 Å². The van der Waals surface area contributed by atoms with E-state index in [0.29, 0.717) is 5.56 Å². The van der Waals surface area contributed by atoms with Gasteiger partial charge in [0.1, 0.15) is 0 Å². The van der Waals surface area contributed by atoms with E-state index in [-0.39, 0.29) is 23.1 Å². The number of ether oxygens (including phenoxy) is 1. The van der Waals surface area contributed by atoms with Crippen LogP contribution in [0.15, 0.2) is 18.2 Å². The normalized spacial score (nSPS) is 11.0. The molecule has 0 aromatic heterocycles.